The molecule has 2 aromatic rings. The minimum absolute atomic E-state index is 0.0529. The summed E-state index contributed by atoms with van der Waals surface area (Å²) in [5, 5.41) is 10.6. The molecule has 3 nitrogen and oxygen atoms in total. The summed E-state index contributed by atoms with van der Waals surface area (Å²) >= 11 is 1.36. The van der Waals surface area contributed by atoms with Crippen LogP contribution in [0.3, 0.4) is 0 Å². The van der Waals surface area contributed by atoms with Crippen LogP contribution in [-0.2, 0) is 0 Å². The van der Waals surface area contributed by atoms with Crippen LogP contribution in [-0.4, -0.2) is 4.92 Å². The SMILES string of the molecule is O=[N+]([O-])c1cccc(Sc2ccc(F)cc2)c1. The summed E-state index contributed by atoms with van der Waals surface area (Å²) in [7, 11) is 0. The fourth-order valence-corrected chi connectivity index (χ4v) is 2.17. The van der Waals surface area contributed by atoms with E-state index in [0.29, 0.717) is 0 Å². The number of rotatable bonds is 3. The van der Waals surface area contributed by atoms with Crippen molar-refractivity contribution < 1.29 is 9.31 Å². The van der Waals surface area contributed by atoms with E-state index in [2.05, 4.69) is 0 Å². The van der Waals surface area contributed by atoms with Crippen LogP contribution in [0.25, 0.3) is 0 Å². The Hall–Kier alpha value is -1.88. The highest BCUT2D eigenvalue weighted by Gasteiger charge is 2.06. The maximum atomic E-state index is 12.7. The third-order valence-electron chi connectivity index (χ3n) is 2.08. The molecule has 0 fully saturated rings. The summed E-state index contributed by atoms with van der Waals surface area (Å²) in [6.45, 7) is 0. The van der Waals surface area contributed by atoms with Crippen LogP contribution in [0, 0.1) is 15.9 Å². The van der Waals surface area contributed by atoms with Gasteiger partial charge in [0.1, 0.15) is 5.82 Å². The van der Waals surface area contributed by atoms with E-state index in [0.717, 1.165) is 9.79 Å². The monoisotopic (exact) mass is 249 g/mol. The molecule has 0 aromatic heterocycles. The highest BCUT2D eigenvalue weighted by Crippen LogP contribution is 2.29. The molecule has 0 saturated heterocycles. The Bertz CT molecular complexity index is 542. The minimum atomic E-state index is -0.436. The molecule has 0 aliphatic heterocycles. The Balaban J connectivity index is 2.21. The first-order chi connectivity index (χ1) is 8.15. The number of nitrogens with zero attached hydrogens (tertiary/aromatic N) is 1. The molecule has 0 heterocycles. The Kier molecular flexibility index (Phi) is 3.39. The quantitative estimate of drug-likeness (QED) is 0.612. The summed E-state index contributed by atoms with van der Waals surface area (Å²) in [6.07, 6.45) is 0. The molecule has 2 aromatic carbocycles. The summed E-state index contributed by atoms with van der Waals surface area (Å²) in [5.74, 6) is -0.298. The van der Waals surface area contributed by atoms with Crippen LogP contribution >= 0.6 is 11.8 Å². The lowest BCUT2D eigenvalue weighted by molar-refractivity contribution is -0.385. The molecule has 0 spiro atoms. The molecule has 0 aliphatic rings. The average molecular weight is 249 g/mol. The van der Waals surface area contributed by atoms with Crippen molar-refractivity contribution in [2.24, 2.45) is 0 Å². The molecular weight excluding hydrogens is 241 g/mol. The van der Waals surface area contributed by atoms with E-state index in [1.165, 1.54) is 36.0 Å². The number of benzene rings is 2. The van der Waals surface area contributed by atoms with Gasteiger partial charge in [-0.2, -0.15) is 0 Å². The molecule has 0 radical (unpaired) electrons. The minimum Gasteiger partial charge on any atom is -0.258 e. The third kappa shape index (κ3) is 3.04. The molecule has 0 aliphatic carbocycles. The Labute approximate surface area is 101 Å². The molecule has 0 atom stereocenters. The Morgan fingerprint density at radius 1 is 1.06 bits per heavy atom. The smallest absolute Gasteiger partial charge is 0.258 e. The molecule has 0 saturated carbocycles. The van der Waals surface area contributed by atoms with Gasteiger partial charge in [0.2, 0.25) is 0 Å². The molecule has 0 bridgehead atoms. The predicted molar refractivity (Wildman–Crippen MR) is 63.6 cm³/mol. The van der Waals surface area contributed by atoms with E-state index in [1.807, 2.05) is 0 Å². The molecule has 0 amide bonds. The molecule has 2 rings (SSSR count). The van der Waals surface area contributed by atoms with E-state index in [4.69, 9.17) is 0 Å². The predicted octanol–water partition coefficient (Wildman–Crippen LogP) is 3.89. The van der Waals surface area contributed by atoms with Gasteiger partial charge in [0.25, 0.3) is 5.69 Å². The summed E-state index contributed by atoms with van der Waals surface area (Å²) in [4.78, 5) is 11.8. The van der Waals surface area contributed by atoms with Gasteiger partial charge < -0.3 is 0 Å². The first-order valence-corrected chi connectivity index (χ1v) is 5.65. The average Bonchev–Trinajstić information content (AvgIpc) is 2.32. The van der Waals surface area contributed by atoms with Gasteiger partial charge in [-0.25, -0.2) is 4.39 Å². The van der Waals surface area contributed by atoms with Gasteiger partial charge in [-0.1, -0.05) is 17.8 Å². The van der Waals surface area contributed by atoms with Crippen LogP contribution in [0.15, 0.2) is 58.3 Å². The van der Waals surface area contributed by atoms with E-state index < -0.39 is 4.92 Å². The number of non-ortho nitro benzene ring substituents is 1. The lowest BCUT2D eigenvalue weighted by atomic mass is 10.3. The van der Waals surface area contributed by atoms with Gasteiger partial charge in [0.05, 0.1) is 4.92 Å². The second-order valence-electron chi connectivity index (χ2n) is 3.31. The van der Waals surface area contributed by atoms with E-state index in [9.17, 15) is 14.5 Å². The molecule has 17 heavy (non-hydrogen) atoms. The first kappa shape index (κ1) is 11.6. The van der Waals surface area contributed by atoms with Crippen molar-refractivity contribution in [2.75, 3.05) is 0 Å². The lowest BCUT2D eigenvalue weighted by Gasteiger charge is -2.01. The van der Waals surface area contributed by atoms with Crippen molar-refractivity contribution in [1.82, 2.24) is 0 Å². The maximum absolute atomic E-state index is 12.7. The molecule has 0 N–H and O–H groups in total. The fourth-order valence-electron chi connectivity index (χ4n) is 1.30. The van der Waals surface area contributed by atoms with Crippen LogP contribution in [0.1, 0.15) is 0 Å². The van der Waals surface area contributed by atoms with Crippen LogP contribution in [0.4, 0.5) is 10.1 Å². The molecular formula is C12H8FNO2S. The van der Waals surface area contributed by atoms with Gasteiger partial charge >= 0.3 is 0 Å². The number of nitro groups is 1. The highest BCUT2D eigenvalue weighted by molar-refractivity contribution is 7.99. The second-order valence-corrected chi connectivity index (χ2v) is 4.46. The maximum Gasteiger partial charge on any atom is 0.270 e. The normalized spacial score (nSPS) is 10.2. The van der Waals surface area contributed by atoms with E-state index >= 15 is 0 Å². The molecule has 86 valence electrons. The zero-order valence-corrected chi connectivity index (χ0v) is 9.49. The highest BCUT2D eigenvalue weighted by atomic mass is 32.2. The van der Waals surface area contributed by atoms with Gasteiger partial charge in [-0.15, -0.1) is 0 Å². The van der Waals surface area contributed by atoms with Gasteiger partial charge in [0, 0.05) is 21.9 Å². The molecule has 0 unspecified atom stereocenters. The largest absolute Gasteiger partial charge is 0.270 e. The summed E-state index contributed by atoms with van der Waals surface area (Å²) in [5.41, 5.74) is 0.0529. The second kappa shape index (κ2) is 4.97. The van der Waals surface area contributed by atoms with Gasteiger partial charge in [-0.3, -0.25) is 10.1 Å². The van der Waals surface area contributed by atoms with Crippen molar-refractivity contribution >= 4 is 17.4 Å². The van der Waals surface area contributed by atoms with Crippen molar-refractivity contribution in [2.45, 2.75) is 9.79 Å². The summed E-state index contributed by atoms with van der Waals surface area (Å²) < 4.78 is 12.7. The van der Waals surface area contributed by atoms with Crippen LogP contribution < -0.4 is 0 Å². The zero-order valence-electron chi connectivity index (χ0n) is 8.67. The van der Waals surface area contributed by atoms with E-state index in [1.54, 1.807) is 24.3 Å². The first-order valence-electron chi connectivity index (χ1n) is 4.83. The van der Waals surface area contributed by atoms with Crippen molar-refractivity contribution in [3.05, 3.63) is 64.5 Å². The van der Waals surface area contributed by atoms with E-state index in [-0.39, 0.29) is 11.5 Å². The zero-order chi connectivity index (χ0) is 12.3. The lowest BCUT2D eigenvalue weighted by Crippen LogP contribution is -1.87. The van der Waals surface area contributed by atoms with Gasteiger partial charge in [-0.05, 0) is 30.3 Å². The third-order valence-corrected chi connectivity index (χ3v) is 3.08. The molecule has 5 heteroatoms. The topological polar surface area (TPSA) is 43.1 Å². The Morgan fingerprint density at radius 3 is 2.41 bits per heavy atom. The van der Waals surface area contributed by atoms with Gasteiger partial charge in [0.15, 0.2) is 0 Å². The van der Waals surface area contributed by atoms with Crippen LogP contribution in [0.2, 0.25) is 0 Å². The van der Waals surface area contributed by atoms with Crippen molar-refractivity contribution in [3.63, 3.8) is 0 Å². The van der Waals surface area contributed by atoms with Crippen LogP contribution in [0.5, 0.6) is 0 Å². The summed E-state index contributed by atoms with van der Waals surface area (Å²) in [6, 6.07) is 12.3. The standard InChI is InChI=1S/C12H8FNO2S/c13-9-4-6-11(7-5-9)17-12-3-1-2-10(8-12)14(15)16/h1-8H. The number of hydrogen-bond acceptors (Lipinski definition) is 3. The fraction of sp³-hybridized carbons (Fsp3) is 0. The van der Waals surface area contributed by atoms with Crippen molar-refractivity contribution in [1.29, 1.82) is 0 Å². The number of halogens is 1. The number of hydrogen-bond donors (Lipinski definition) is 0. The Morgan fingerprint density at radius 2 is 1.76 bits per heavy atom. The number of nitro benzene ring substituents is 1. The van der Waals surface area contributed by atoms with Crippen molar-refractivity contribution in [3.8, 4) is 0 Å².